The number of nitrogens with zero attached hydrogens (tertiary/aromatic N) is 2. The SMILES string of the molecule is NC1=CC(Cl)N(Nc2cc(OCC(F)F)nc(C(F)(F)F)c2)C(OCCF)=C1. The van der Waals surface area contributed by atoms with Crippen LogP contribution in [0.25, 0.3) is 0 Å². The van der Waals surface area contributed by atoms with Gasteiger partial charge in [-0.05, 0) is 12.1 Å². The van der Waals surface area contributed by atoms with Gasteiger partial charge in [0.05, 0.1) is 5.69 Å². The van der Waals surface area contributed by atoms with E-state index in [1.165, 1.54) is 12.2 Å². The number of aromatic nitrogens is 1. The Morgan fingerprint density at radius 1 is 1.29 bits per heavy atom. The molecule has 0 bridgehead atoms. The molecule has 0 aliphatic carbocycles. The van der Waals surface area contributed by atoms with Crippen molar-refractivity contribution in [1.29, 1.82) is 0 Å². The first-order valence-corrected chi connectivity index (χ1v) is 8.11. The molecule has 28 heavy (non-hydrogen) atoms. The lowest BCUT2D eigenvalue weighted by molar-refractivity contribution is -0.141. The standard InChI is InChI=1S/C15H15ClF6N4O2/c16-11-3-8(23)4-14(27-2-1-17)26(11)25-9-5-10(15(20,21)22)24-13(6-9)28-7-12(18)19/h3-6,11-12H,1-2,7,23H2,(H,24,25). The highest BCUT2D eigenvalue weighted by Crippen LogP contribution is 2.33. The summed E-state index contributed by atoms with van der Waals surface area (Å²) in [7, 11) is 0. The van der Waals surface area contributed by atoms with E-state index in [4.69, 9.17) is 22.1 Å². The average Bonchev–Trinajstić information content (AvgIpc) is 2.59. The number of hydrogen-bond acceptors (Lipinski definition) is 6. The summed E-state index contributed by atoms with van der Waals surface area (Å²) in [6.07, 6.45) is -5.14. The Labute approximate surface area is 160 Å². The topological polar surface area (TPSA) is 72.6 Å². The van der Waals surface area contributed by atoms with E-state index in [-0.39, 0.29) is 23.9 Å². The molecular weight excluding hydrogens is 418 g/mol. The van der Waals surface area contributed by atoms with Gasteiger partial charge in [-0.1, -0.05) is 11.6 Å². The van der Waals surface area contributed by atoms with E-state index in [0.29, 0.717) is 6.07 Å². The zero-order valence-corrected chi connectivity index (χ0v) is 14.8. The number of allylic oxidation sites excluding steroid dienone is 1. The van der Waals surface area contributed by atoms with Gasteiger partial charge in [0.25, 0.3) is 6.43 Å². The minimum atomic E-state index is -4.86. The van der Waals surface area contributed by atoms with Crippen molar-refractivity contribution in [1.82, 2.24) is 9.99 Å². The molecule has 1 aliphatic heterocycles. The van der Waals surface area contributed by atoms with Crippen LogP contribution in [-0.2, 0) is 10.9 Å². The molecule has 1 aliphatic rings. The molecule has 0 saturated carbocycles. The number of hydrazine groups is 1. The molecule has 0 aromatic carbocycles. The molecular formula is C15H15ClF6N4O2. The maximum Gasteiger partial charge on any atom is 0.433 e. The maximum absolute atomic E-state index is 13.1. The van der Waals surface area contributed by atoms with Gasteiger partial charge in [0.15, 0.2) is 12.3 Å². The van der Waals surface area contributed by atoms with Crippen LogP contribution in [-0.4, -0.2) is 41.8 Å². The van der Waals surface area contributed by atoms with Gasteiger partial charge in [-0.3, -0.25) is 5.43 Å². The predicted molar refractivity (Wildman–Crippen MR) is 88.1 cm³/mol. The molecule has 0 spiro atoms. The lowest BCUT2D eigenvalue weighted by atomic mass is 10.3. The van der Waals surface area contributed by atoms with Gasteiger partial charge in [-0.25, -0.2) is 23.2 Å². The summed E-state index contributed by atoms with van der Waals surface area (Å²) in [5.41, 5.74) is 5.74. The van der Waals surface area contributed by atoms with Crippen LogP contribution in [0.1, 0.15) is 5.69 Å². The van der Waals surface area contributed by atoms with Gasteiger partial charge in [-0.2, -0.15) is 13.2 Å². The number of alkyl halides is 7. The molecule has 6 nitrogen and oxygen atoms in total. The Balaban J connectivity index is 2.31. The Kier molecular flexibility index (Phi) is 7.11. The highest BCUT2D eigenvalue weighted by atomic mass is 35.5. The molecule has 2 rings (SSSR count). The first-order chi connectivity index (χ1) is 13.1. The van der Waals surface area contributed by atoms with Gasteiger partial charge in [0.1, 0.15) is 18.8 Å². The minimum absolute atomic E-state index is 0.0573. The van der Waals surface area contributed by atoms with Crippen molar-refractivity contribution >= 4 is 17.3 Å². The fraction of sp³-hybridized carbons (Fsp3) is 0.400. The third-order valence-electron chi connectivity index (χ3n) is 3.13. The third kappa shape index (κ3) is 6.01. The molecule has 1 aromatic rings. The van der Waals surface area contributed by atoms with Gasteiger partial charge >= 0.3 is 6.18 Å². The van der Waals surface area contributed by atoms with Crippen LogP contribution in [0.3, 0.4) is 0 Å². The Hall–Kier alpha value is -2.50. The van der Waals surface area contributed by atoms with Gasteiger partial charge < -0.3 is 15.2 Å². The van der Waals surface area contributed by atoms with Crippen LogP contribution in [0, 0.1) is 0 Å². The number of pyridine rings is 1. The average molecular weight is 433 g/mol. The van der Waals surface area contributed by atoms with Crippen molar-refractivity contribution in [3.63, 3.8) is 0 Å². The van der Waals surface area contributed by atoms with E-state index in [0.717, 1.165) is 11.1 Å². The van der Waals surface area contributed by atoms with Gasteiger partial charge in [-0.15, -0.1) is 0 Å². The van der Waals surface area contributed by atoms with E-state index < -0.39 is 43.0 Å². The van der Waals surface area contributed by atoms with E-state index in [1.807, 2.05) is 0 Å². The van der Waals surface area contributed by atoms with Gasteiger partial charge in [0, 0.05) is 17.8 Å². The summed E-state index contributed by atoms with van der Waals surface area (Å²) in [5.74, 6) is -0.732. The van der Waals surface area contributed by atoms with Crippen molar-refractivity contribution in [2.75, 3.05) is 25.3 Å². The molecule has 0 fully saturated rings. The van der Waals surface area contributed by atoms with Crippen LogP contribution in [0.15, 0.2) is 35.9 Å². The third-order valence-corrected chi connectivity index (χ3v) is 3.45. The highest BCUT2D eigenvalue weighted by Gasteiger charge is 2.34. The molecule has 1 aromatic heterocycles. The van der Waals surface area contributed by atoms with E-state index in [2.05, 4.69) is 15.1 Å². The molecule has 2 heterocycles. The molecule has 3 N–H and O–H groups in total. The minimum Gasteiger partial charge on any atom is -0.475 e. The monoisotopic (exact) mass is 432 g/mol. The number of anilines is 1. The second-order valence-corrected chi connectivity index (χ2v) is 5.77. The number of ether oxygens (including phenoxy) is 2. The Morgan fingerprint density at radius 3 is 2.61 bits per heavy atom. The van der Waals surface area contributed by atoms with Crippen LogP contribution in [0.4, 0.5) is 32.0 Å². The normalized spacial score (nSPS) is 17.3. The Bertz CT molecular complexity index is 744. The molecule has 0 amide bonds. The second kappa shape index (κ2) is 9.13. The number of nitrogens with two attached hydrogens (primary N) is 1. The smallest absolute Gasteiger partial charge is 0.433 e. The van der Waals surface area contributed by atoms with E-state index in [1.54, 1.807) is 0 Å². The van der Waals surface area contributed by atoms with Crippen molar-refractivity contribution in [3.8, 4) is 5.88 Å². The number of nitrogens with one attached hydrogen (secondary N) is 1. The number of halogens is 7. The molecule has 156 valence electrons. The molecule has 0 radical (unpaired) electrons. The molecule has 0 saturated heterocycles. The molecule has 13 heteroatoms. The Morgan fingerprint density at radius 2 is 2.00 bits per heavy atom. The summed E-state index contributed by atoms with van der Waals surface area (Å²) < 4.78 is 85.9. The predicted octanol–water partition coefficient (Wildman–Crippen LogP) is 3.62. The van der Waals surface area contributed by atoms with Crippen molar-refractivity contribution in [2.24, 2.45) is 5.73 Å². The first-order valence-electron chi connectivity index (χ1n) is 7.68. The van der Waals surface area contributed by atoms with Gasteiger partial charge in [0.2, 0.25) is 11.8 Å². The van der Waals surface area contributed by atoms with E-state index in [9.17, 15) is 26.3 Å². The first kappa shape index (κ1) is 21.8. The van der Waals surface area contributed by atoms with Crippen LogP contribution in [0.2, 0.25) is 0 Å². The van der Waals surface area contributed by atoms with Crippen molar-refractivity contribution < 1.29 is 35.8 Å². The van der Waals surface area contributed by atoms with E-state index >= 15 is 0 Å². The summed E-state index contributed by atoms with van der Waals surface area (Å²) in [4.78, 5) is 3.17. The zero-order valence-electron chi connectivity index (χ0n) is 14.0. The maximum atomic E-state index is 13.1. The largest absolute Gasteiger partial charge is 0.475 e. The fourth-order valence-electron chi connectivity index (χ4n) is 2.06. The summed E-state index contributed by atoms with van der Waals surface area (Å²) in [5, 5.41) is 1.07. The zero-order chi connectivity index (χ0) is 20.9. The van der Waals surface area contributed by atoms with Crippen LogP contribution in [0.5, 0.6) is 5.88 Å². The lowest BCUT2D eigenvalue weighted by Gasteiger charge is -2.33. The number of rotatable bonds is 8. The van der Waals surface area contributed by atoms with Crippen LogP contribution < -0.4 is 15.9 Å². The number of hydrogen-bond donors (Lipinski definition) is 2. The second-order valence-electron chi connectivity index (χ2n) is 5.32. The lowest BCUT2D eigenvalue weighted by Crippen LogP contribution is -2.39. The van der Waals surface area contributed by atoms with Crippen LogP contribution >= 0.6 is 11.6 Å². The summed E-state index contributed by atoms with van der Waals surface area (Å²) in [6.45, 7) is -2.33. The summed E-state index contributed by atoms with van der Waals surface area (Å²) >= 11 is 6.10. The van der Waals surface area contributed by atoms with Crippen molar-refractivity contribution in [3.05, 3.63) is 41.6 Å². The van der Waals surface area contributed by atoms with Crippen molar-refractivity contribution in [2.45, 2.75) is 18.1 Å². The highest BCUT2D eigenvalue weighted by molar-refractivity contribution is 6.21. The molecule has 1 atom stereocenters. The fourth-order valence-corrected chi connectivity index (χ4v) is 2.35. The quantitative estimate of drug-likeness (QED) is 0.371. The molecule has 1 unspecified atom stereocenters. The summed E-state index contributed by atoms with van der Waals surface area (Å²) in [6, 6.07) is 1.59.